The fourth-order valence-corrected chi connectivity index (χ4v) is 3.97. The zero-order valence-electron chi connectivity index (χ0n) is 14.0. The summed E-state index contributed by atoms with van der Waals surface area (Å²) in [5.41, 5.74) is 3.29. The highest BCUT2D eigenvalue weighted by Crippen LogP contribution is 2.50. The van der Waals surface area contributed by atoms with Gasteiger partial charge in [0.05, 0.1) is 18.2 Å². The maximum absolute atomic E-state index is 14.3. The fourth-order valence-electron chi connectivity index (χ4n) is 3.97. The first-order valence-corrected chi connectivity index (χ1v) is 8.67. The van der Waals surface area contributed by atoms with Crippen LogP contribution in [0.5, 0.6) is 0 Å². The minimum absolute atomic E-state index is 0.0813. The summed E-state index contributed by atoms with van der Waals surface area (Å²) in [5.74, 6) is -0.0747. The van der Waals surface area contributed by atoms with E-state index in [1.165, 1.54) is 6.07 Å². The summed E-state index contributed by atoms with van der Waals surface area (Å²) in [6, 6.07) is 12.4. The van der Waals surface area contributed by atoms with Crippen LogP contribution in [-0.4, -0.2) is 12.6 Å². The molecule has 0 saturated carbocycles. The van der Waals surface area contributed by atoms with Crippen LogP contribution in [0.15, 0.2) is 54.6 Å². The Morgan fingerprint density at radius 2 is 2.08 bits per heavy atom. The number of halogens is 1. The lowest BCUT2D eigenvalue weighted by atomic mass is 9.76. The molecule has 2 aromatic carbocycles. The van der Waals surface area contributed by atoms with Gasteiger partial charge < -0.3 is 10.1 Å². The molecule has 4 heteroatoms. The van der Waals surface area contributed by atoms with Crippen molar-refractivity contribution in [2.24, 2.45) is 5.92 Å². The van der Waals surface area contributed by atoms with Gasteiger partial charge in [-0.05, 0) is 49.1 Å². The Bertz CT molecular complexity index is 846. The standard InChI is InChI=1S/C21H20FNO2/c1-2-25-21(24)13-10-11-19-17(12-13)14-7-5-8-15(14)20(23-19)16-6-3-4-9-18(16)22/h3-7,9-12,14-15,20,23H,2,8H2,1H3/t14-,15-,20-/m0/s1. The van der Waals surface area contributed by atoms with E-state index in [4.69, 9.17) is 4.74 Å². The summed E-state index contributed by atoms with van der Waals surface area (Å²) < 4.78 is 19.4. The quantitative estimate of drug-likeness (QED) is 0.644. The van der Waals surface area contributed by atoms with Crippen LogP contribution in [0.3, 0.4) is 0 Å². The minimum Gasteiger partial charge on any atom is -0.462 e. The second-order valence-electron chi connectivity index (χ2n) is 6.52. The van der Waals surface area contributed by atoms with E-state index in [1.807, 2.05) is 24.3 Å². The van der Waals surface area contributed by atoms with Crippen LogP contribution < -0.4 is 5.32 Å². The van der Waals surface area contributed by atoms with E-state index in [-0.39, 0.29) is 29.7 Å². The summed E-state index contributed by atoms with van der Waals surface area (Å²) in [4.78, 5) is 12.0. The van der Waals surface area contributed by atoms with Crippen LogP contribution in [0, 0.1) is 11.7 Å². The summed E-state index contributed by atoms with van der Waals surface area (Å²) in [6.45, 7) is 2.15. The average molecular weight is 337 g/mol. The molecule has 0 amide bonds. The second-order valence-corrected chi connectivity index (χ2v) is 6.52. The minimum atomic E-state index is -0.306. The number of benzene rings is 2. The number of carbonyl (C=O) groups is 1. The van der Waals surface area contributed by atoms with Gasteiger partial charge in [-0.15, -0.1) is 0 Å². The number of fused-ring (bicyclic) bond motifs is 3. The van der Waals surface area contributed by atoms with E-state index in [0.29, 0.717) is 17.7 Å². The summed E-state index contributed by atoms with van der Waals surface area (Å²) in [7, 11) is 0. The first kappa shape index (κ1) is 15.9. The Kier molecular flexibility index (Phi) is 4.04. The summed E-state index contributed by atoms with van der Waals surface area (Å²) >= 11 is 0. The highest BCUT2D eigenvalue weighted by Gasteiger charge is 2.39. The zero-order chi connectivity index (χ0) is 17.4. The van der Waals surface area contributed by atoms with Gasteiger partial charge in [-0.2, -0.15) is 0 Å². The van der Waals surface area contributed by atoms with Crippen molar-refractivity contribution in [2.45, 2.75) is 25.3 Å². The SMILES string of the molecule is CCOC(=O)c1ccc2c(c1)[C@H]1C=CC[C@@H]1[C@@H](c1ccccc1F)N2. The van der Waals surface area contributed by atoms with Crippen LogP contribution >= 0.6 is 0 Å². The number of hydrogen-bond donors (Lipinski definition) is 1. The lowest BCUT2D eigenvalue weighted by Gasteiger charge is -2.37. The lowest BCUT2D eigenvalue weighted by Crippen LogP contribution is -2.30. The molecular formula is C21H20FNO2. The molecule has 0 saturated heterocycles. The maximum Gasteiger partial charge on any atom is 0.338 e. The van der Waals surface area contributed by atoms with E-state index < -0.39 is 0 Å². The Morgan fingerprint density at radius 3 is 2.88 bits per heavy atom. The van der Waals surface area contributed by atoms with Gasteiger partial charge in [-0.25, -0.2) is 9.18 Å². The number of allylic oxidation sites excluding steroid dienone is 2. The third kappa shape index (κ3) is 2.72. The van der Waals surface area contributed by atoms with Crippen molar-refractivity contribution in [3.63, 3.8) is 0 Å². The van der Waals surface area contributed by atoms with Crippen LogP contribution in [0.1, 0.15) is 46.8 Å². The lowest BCUT2D eigenvalue weighted by molar-refractivity contribution is 0.0526. The molecule has 0 fully saturated rings. The van der Waals surface area contributed by atoms with Crippen molar-refractivity contribution < 1.29 is 13.9 Å². The van der Waals surface area contributed by atoms with Crippen molar-refractivity contribution in [3.8, 4) is 0 Å². The molecule has 1 aliphatic carbocycles. The third-order valence-corrected chi connectivity index (χ3v) is 5.11. The fraction of sp³-hybridized carbons (Fsp3) is 0.286. The second kappa shape index (κ2) is 6.36. The van der Waals surface area contributed by atoms with Crippen molar-refractivity contribution in [1.82, 2.24) is 0 Å². The van der Waals surface area contributed by atoms with Gasteiger partial charge in [0.25, 0.3) is 0 Å². The van der Waals surface area contributed by atoms with Gasteiger partial charge in [0, 0.05) is 17.2 Å². The van der Waals surface area contributed by atoms with Crippen molar-refractivity contribution in [1.29, 1.82) is 0 Å². The molecule has 3 atom stereocenters. The number of ether oxygens (including phenoxy) is 1. The number of anilines is 1. The predicted molar refractivity (Wildman–Crippen MR) is 95.2 cm³/mol. The van der Waals surface area contributed by atoms with Crippen molar-refractivity contribution in [2.75, 3.05) is 11.9 Å². The van der Waals surface area contributed by atoms with Gasteiger partial charge in [0.2, 0.25) is 0 Å². The van der Waals surface area contributed by atoms with Gasteiger partial charge in [-0.1, -0.05) is 30.4 Å². The zero-order valence-corrected chi connectivity index (χ0v) is 14.0. The molecule has 1 N–H and O–H groups in total. The molecule has 25 heavy (non-hydrogen) atoms. The Balaban J connectivity index is 1.74. The highest BCUT2D eigenvalue weighted by atomic mass is 19.1. The average Bonchev–Trinajstić information content (AvgIpc) is 3.11. The molecule has 0 bridgehead atoms. The Morgan fingerprint density at radius 1 is 1.24 bits per heavy atom. The monoisotopic (exact) mass is 337 g/mol. The largest absolute Gasteiger partial charge is 0.462 e. The smallest absolute Gasteiger partial charge is 0.338 e. The molecule has 0 unspecified atom stereocenters. The maximum atomic E-state index is 14.3. The molecule has 4 rings (SSSR count). The van der Waals surface area contributed by atoms with E-state index in [1.54, 1.807) is 19.1 Å². The summed E-state index contributed by atoms with van der Waals surface area (Å²) in [6.07, 6.45) is 5.21. The van der Waals surface area contributed by atoms with Crippen LogP contribution in [-0.2, 0) is 4.74 Å². The number of esters is 1. The van der Waals surface area contributed by atoms with Gasteiger partial charge >= 0.3 is 5.97 Å². The summed E-state index contributed by atoms with van der Waals surface area (Å²) in [5, 5.41) is 3.49. The molecule has 2 aromatic rings. The molecule has 0 aromatic heterocycles. The number of carbonyl (C=O) groups excluding carboxylic acids is 1. The first-order valence-electron chi connectivity index (χ1n) is 8.67. The molecule has 3 nitrogen and oxygen atoms in total. The van der Waals surface area contributed by atoms with E-state index >= 15 is 0 Å². The molecular weight excluding hydrogens is 317 g/mol. The van der Waals surface area contributed by atoms with Crippen LogP contribution in [0.2, 0.25) is 0 Å². The topological polar surface area (TPSA) is 38.3 Å². The van der Waals surface area contributed by atoms with Crippen LogP contribution in [0.25, 0.3) is 0 Å². The molecule has 1 heterocycles. The molecule has 0 spiro atoms. The van der Waals surface area contributed by atoms with Gasteiger partial charge in [0.1, 0.15) is 5.82 Å². The molecule has 2 aliphatic rings. The molecule has 128 valence electrons. The highest BCUT2D eigenvalue weighted by molar-refractivity contribution is 5.90. The van der Waals surface area contributed by atoms with Gasteiger partial charge in [-0.3, -0.25) is 0 Å². The normalized spacial score (nSPS) is 23.5. The van der Waals surface area contributed by atoms with E-state index in [0.717, 1.165) is 17.7 Å². The van der Waals surface area contributed by atoms with Crippen molar-refractivity contribution in [3.05, 3.63) is 77.1 Å². The number of nitrogens with one attached hydrogen (secondary N) is 1. The van der Waals surface area contributed by atoms with E-state index in [9.17, 15) is 9.18 Å². The molecule has 1 aliphatic heterocycles. The first-order chi connectivity index (χ1) is 12.2. The number of hydrogen-bond acceptors (Lipinski definition) is 3. The van der Waals surface area contributed by atoms with Crippen LogP contribution in [0.4, 0.5) is 10.1 Å². The third-order valence-electron chi connectivity index (χ3n) is 5.11. The Labute approximate surface area is 146 Å². The van der Waals surface area contributed by atoms with Gasteiger partial charge in [0.15, 0.2) is 0 Å². The van der Waals surface area contributed by atoms with Crippen molar-refractivity contribution >= 4 is 11.7 Å². The van der Waals surface area contributed by atoms with E-state index in [2.05, 4.69) is 17.5 Å². The number of rotatable bonds is 3. The Hall–Kier alpha value is -2.62. The molecule has 0 radical (unpaired) electrons. The predicted octanol–water partition coefficient (Wildman–Crippen LogP) is 4.83.